The largest absolute Gasteiger partial charge is 0.313 e. The molecule has 0 aliphatic rings. The van der Waals surface area contributed by atoms with E-state index in [0.717, 1.165) is 24.1 Å². The Morgan fingerprint density at radius 3 is 2.53 bits per heavy atom. The molecular formula is C15H25NO2S. The molecule has 0 aliphatic carbocycles. The summed E-state index contributed by atoms with van der Waals surface area (Å²) < 4.78 is 24.8. The van der Waals surface area contributed by atoms with Crippen molar-refractivity contribution in [3.05, 3.63) is 35.4 Å². The summed E-state index contributed by atoms with van der Waals surface area (Å²) in [5.41, 5.74) is 1.96. The van der Waals surface area contributed by atoms with Gasteiger partial charge in [-0.3, -0.25) is 0 Å². The summed E-state index contributed by atoms with van der Waals surface area (Å²) in [4.78, 5) is 0. The van der Waals surface area contributed by atoms with E-state index in [2.05, 4.69) is 12.2 Å². The lowest BCUT2D eigenvalue weighted by atomic mass is 10.2. The SMILES string of the molecule is CCCNC(C)C(C)S(=O)(=O)Cc1cccc(C)c1. The first-order valence-electron chi connectivity index (χ1n) is 6.87. The highest BCUT2D eigenvalue weighted by Crippen LogP contribution is 2.15. The molecule has 2 unspecified atom stereocenters. The van der Waals surface area contributed by atoms with Crippen LogP contribution in [-0.4, -0.2) is 26.3 Å². The fraction of sp³-hybridized carbons (Fsp3) is 0.600. The average Bonchev–Trinajstić information content (AvgIpc) is 2.34. The summed E-state index contributed by atoms with van der Waals surface area (Å²) in [5, 5.41) is 2.88. The maximum absolute atomic E-state index is 12.4. The molecule has 1 rings (SSSR count). The number of sulfone groups is 1. The van der Waals surface area contributed by atoms with E-state index in [-0.39, 0.29) is 17.0 Å². The maximum Gasteiger partial charge on any atom is 0.158 e. The predicted molar refractivity (Wildman–Crippen MR) is 81.0 cm³/mol. The molecule has 19 heavy (non-hydrogen) atoms. The Balaban J connectivity index is 2.75. The minimum atomic E-state index is -3.12. The molecule has 0 aromatic heterocycles. The summed E-state index contributed by atoms with van der Waals surface area (Å²) in [6.07, 6.45) is 1.01. The zero-order chi connectivity index (χ0) is 14.5. The summed E-state index contributed by atoms with van der Waals surface area (Å²) in [6, 6.07) is 7.68. The van der Waals surface area contributed by atoms with Crippen molar-refractivity contribution in [1.29, 1.82) is 0 Å². The van der Waals surface area contributed by atoms with Crippen LogP contribution in [0, 0.1) is 6.92 Å². The molecule has 3 nitrogen and oxygen atoms in total. The molecule has 0 saturated heterocycles. The van der Waals surface area contributed by atoms with Gasteiger partial charge in [-0.05, 0) is 39.3 Å². The molecule has 4 heteroatoms. The van der Waals surface area contributed by atoms with E-state index < -0.39 is 9.84 Å². The molecule has 0 spiro atoms. The molecule has 0 radical (unpaired) electrons. The van der Waals surface area contributed by atoms with Gasteiger partial charge in [-0.25, -0.2) is 8.42 Å². The summed E-state index contributed by atoms with van der Waals surface area (Å²) >= 11 is 0. The van der Waals surface area contributed by atoms with Crippen LogP contribution in [0.3, 0.4) is 0 Å². The Morgan fingerprint density at radius 1 is 1.26 bits per heavy atom. The second-order valence-corrected chi connectivity index (χ2v) is 7.60. The fourth-order valence-corrected chi connectivity index (χ4v) is 3.64. The third kappa shape index (κ3) is 4.96. The molecule has 108 valence electrons. The Hall–Kier alpha value is -0.870. The van der Waals surface area contributed by atoms with Crippen LogP contribution >= 0.6 is 0 Å². The maximum atomic E-state index is 12.4. The van der Waals surface area contributed by atoms with Gasteiger partial charge in [0.15, 0.2) is 9.84 Å². The van der Waals surface area contributed by atoms with Gasteiger partial charge in [0.2, 0.25) is 0 Å². The zero-order valence-corrected chi connectivity index (χ0v) is 13.1. The molecule has 2 atom stereocenters. The van der Waals surface area contributed by atoms with Gasteiger partial charge in [0, 0.05) is 6.04 Å². The van der Waals surface area contributed by atoms with Crippen molar-refractivity contribution in [2.45, 2.75) is 51.2 Å². The number of aryl methyl sites for hydroxylation is 1. The lowest BCUT2D eigenvalue weighted by molar-refractivity contribution is 0.509. The van der Waals surface area contributed by atoms with E-state index in [1.54, 1.807) is 6.92 Å². The van der Waals surface area contributed by atoms with Gasteiger partial charge in [-0.15, -0.1) is 0 Å². The van der Waals surface area contributed by atoms with Gasteiger partial charge in [-0.1, -0.05) is 36.8 Å². The second kappa shape index (κ2) is 7.06. The highest BCUT2D eigenvalue weighted by Gasteiger charge is 2.26. The summed E-state index contributed by atoms with van der Waals surface area (Å²) in [7, 11) is -3.12. The van der Waals surface area contributed by atoms with Gasteiger partial charge >= 0.3 is 0 Å². The van der Waals surface area contributed by atoms with E-state index in [4.69, 9.17) is 0 Å². The summed E-state index contributed by atoms with van der Waals surface area (Å²) in [6.45, 7) is 8.63. The first-order valence-corrected chi connectivity index (χ1v) is 8.59. The smallest absolute Gasteiger partial charge is 0.158 e. The number of nitrogens with one attached hydrogen (secondary N) is 1. The van der Waals surface area contributed by atoms with Gasteiger partial charge < -0.3 is 5.32 Å². The standard InChI is InChI=1S/C15H25NO2S/c1-5-9-16-13(3)14(4)19(17,18)11-15-8-6-7-12(2)10-15/h6-8,10,13-14,16H,5,9,11H2,1-4H3. The first kappa shape index (κ1) is 16.2. The van der Waals surface area contributed by atoms with Crippen molar-refractivity contribution in [1.82, 2.24) is 5.32 Å². The van der Waals surface area contributed by atoms with Crippen molar-refractivity contribution in [2.75, 3.05) is 6.54 Å². The molecule has 0 saturated carbocycles. The topological polar surface area (TPSA) is 46.2 Å². The predicted octanol–water partition coefficient (Wildman–Crippen LogP) is 2.69. The van der Waals surface area contributed by atoms with E-state index in [0.29, 0.717) is 0 Å². The molecule has 0 amide bonds. The minimum absolute atomic E-state index is 0.0187. The fourth-order valence-electron chi connectivity index (χ4n) is 2.01. The van der Waals surface area contributed by atoms with Crippen LogP contribution in [-0.2, 0) is 15.6 Å². The van der Waals surface area contributed by atoms with Crippen LogP contribution in [0.4, 0.5) is 0 Å². The molecule has 0 aliphatic heterocycles. The van der Waals surface area contributed by atoms with Crippen molar-refractivity contribution < 1.29 is 8.42 Å². The van der Waals surface area contributed by atoms with E-state index in [9.17, 15) is 8.42 Å². The molecular weight excluding hydrogens is 258 g/mol. The van der Waals surface area contributed by atoms with Crippen LogP contribution in [0.15, 0.2) is 24.3 Å². The van der Waals surface area contributed by atoms with Crippen LogP contribution in [0.5, 0.6) is 0 Å². The number of hydrogen-bond acceptors (Lipinski definition) is 3. The zero-order valence-electron chi connectivity index (χ0n) is 12.3. The van der Waals surface area contributed by atoms with E-state index in [1.807, 2.05) is 38.1 Å². The van der Waals surface area contributed by atoms with Crippen LogP contribution in [0.25, 0.3) is 0 Å². The quantitative estimate of drug-likeness (QED) is 0.837. The molecule has 0 fully saturated rings. The second-order valence-electron chi connectivity index (χ2n) is 5.24. The average molecular weight is 283 g/mol. The Bertz CT molecular complexity index is 497. The van der Waals surface area contributed by atoms with Crippen LogP contribution < -0.4 is 5.32 Å². The van der Waals surface area contributed by atoms with E-state index >= 15 is 0 Å². The van der Waals surface area contributed by atoms with Crippen molar-refractivity contribution in [2.24, 2.45) is 0 Å². The number of rotatable bonds is 7. The molecule has 1 aromatic rings. The minimum Gasteiger partial charge on any atom is -0.313 e. The van der Waals surface area contributed by atoms with Gasteiger partial charge in [0.25, 0.3) is 0 Å². The Labute approximate surface area is 117 Å². The van der Waals surface area contributed by atoms with E-state index in [1.165, 1.54) is 0 Å². The third-order valence-electron chi connectivity index (χ3n) is 3.44. The van der Waals surface area contributed by atoms with Gasteiger partial charge in [-0.2, -0.15) is 0 Å². The van der Waals surface area contributed by atoms with Crippen molar-refractivity contribution >= 4 is 9.84 Å². The highest BCUT2D eigenvalue weighted by atomic mass is 32.2. The molecule has 1 aromatic carbocycles. The lowest BCUT2D eigenvalue weighted by Crippen LogP contribution is -2.41. The van der Waals surface area contributed by atoms with Crippen LogP contribution in [0.2, 0.25) is 0 Å². The lowest BCUT2D eigenvalue weighted by Gasteiger charge is -2.21. The highest BCUT2D eigenvalue weighted by molar-refractivity contribution is 7.91. The van der Waals surface area contributed by atoms with Crippen molar-refractivity contribution in [3.63, 3.8) is 0 Å². The number of benzene rings is 1. The van der Waals surface area contributed by atoms with Gasteiger partial charge in [0.05, 0.1) is 11.0 Å². The molecule has 1 N–H and O–H groups in total. The van der Waals surface area contributed by atoms with Crippen molar-refractivity contribution in [3.8, 4) is 0 Å². The summed E-state index contributed by atoms with van der Waals surface area (Å²) in [5.74, 6) is 0.119. The normalized spacial score (nSPS) is 15.2. The number of hydrogen-bond donors (Lipinski definition) is 1. The Morgan fingerprint density at radius 2 is 1.95 bits per heavy atom. The monoisotopic (exact) mass is 283 g/mol. The third-order valence-corrected chi connectivity index (χ3v) is 5.71. The van der Waals surface area contributed by atoms with Crippen LogP contribution in [0.1, 0.15) is 38.3 Å². The van der Waals surface area contributed by atoms with Gasteiger partial charge in [0.1, 0.15) is 0 Å². The molecule has 0 heterocycles. The molecule has 0 bridgehead atoms. The Kier molecular flexibility index (Phi) is 6.01. The first-order chi connectivity index (χ1) is 8.86.